The third kappa shape index (κ3) is 5.18. The van der Waals surface area contributed by atoms with Gasteiger partial charge in [-0.15, -0.1) is 0 Å². The number of amides is 2. The quantitative estimate of drug-likeness (QED) is 0.563. The van der Waals surface area contributed by atoms with Crippen molar-refractivity contribution >= 4 is 18.0 Å². The first-order valence-corrected chi connectivity index (χ1v) is 11.6. The molecule has 2 unspecified atom stereocenters. The molecular formula is C26H30N2O5. The molecule has 33 heavy (non-hydrogen) atoms. The number of fused-ring (bicyclic) bond motifs is 3. The Bertz CT molecular complexity index is 985. The van der Waals surface area contributed by atoms with Crippen LogP contribution in [0.1, 0.15) is 56.1 Å². The fourth-order valence-corrected chi connectivity index (χ4v) is 5.07. The van der Waals surface area contributed by atoms with Gasteiger partial charge in [-0.1, -0.05) is 61.4 Å². The van der Waals surface area contributed by atoms with Crippen LogP contribution in [-0.4, -0.2) is 41.8 Å². The Hall–Kier alpha value is -3.35. The molecule has 174 valence electrons. The molecule has 2 aliphatic carbocycles. The summed E-state index contributed by atoms with van der Waals surface area (Å²) in [6.07, 6.45) is 3.07. The van der Waals surface area contributed by atoms with E-state index in [0.717, 1.165) is 47.9 Å². The van der Waals surface area contributed by atoms with Gasteiger partial charge in [-0.3, -0.25) is 9.59 Å². The molecule has 0 aromatic heterocycles. The smallest absolute Gasteiger partial charge is 0.407 e. The summed E-state index contributed by atoms with van der Waals surface area (Å²) < 4.78 is 5.48. The van der Waals surface area contributed by atoms with Crippen LogP contribution < -0.4 is 10.6 Å². The van der Waals surface area contributed by atoms with Crippen LogP contribution in [0.2, 0.25) is 0 Å². The van der Waals surface area contributed by atoms with E-state index in [-0.39, 0.29) is 18.6 Å². The number of carboxylic acids is 1. The summed E-state index contributed by atoms with van der Waals surface area (Å²) in [5.41, 5.74) is 4.39. The number of carboxylic acid groups (broad SMARTS) is 1. The molecule has 3 N–H and O–H groups in total. The SMILES string of the molecule is CC(NC(=O)C(CC(=O)O)NC(=O)OCC1c2ccccc2-c2ccccc21)C1CCCC1. The van der Waals surface area contributed by atoms with Gasteiger partial charge >= 0.3 is 12.1 Å². The maximum Gasteiger partial charge on any atom is 0.407 e. The first-order chi connectivity index (χ1) is 15.9. The van der Waals surface area contributed by atoms with Gasteiger partial charge in [0.1, 0.15) is 12.6 Å². The van der Waals surface area contributed by atoms with Crippen molar-refractivity contribution in [3.8, 4) is 11.1 Å². The van der Waals surface area contributed by atoms with E-state index in [4.69, 9.17) is 4.74 Å². The summed E-state index contributed by atoms with van der Waals surface area (Å²) in [6, 6.07) is 14.7. The average Bonchev–Trinajstić information content (AvgIpc) is 3.44. The lowest BCUT2D eigenvalue weighted by Crippen LogP contribution is -2.51. The number of benzene rings is 2. The van der Waals surface area contributed by atoms with Crippen molar-refractivity contribution in [1.29, 1.82) is 0 Å². The number of hydrogen-bond acceptors (Lipinski definition) is 4. The number of nitrogens with one attached hydrogen (secondary N) is 2. The molecule has 7 nitrogen and oxygen atoms in total. The summed E-state index contributed by atoms with van der Waals surface area (Å²) in [5.74, 6) is -1.39. The summed E-state index contributed by atoms with van der Waals surface area (Å²) in [4.78, 5) is 36.6. The highest BCUT2D eigenvalue weighted by Gasteiger charge is 2.31. The largest absolute Gasteiger partial charge is 0.481 e. The van der Waals surface area contributed by atoms with E-state index in [1.54, 1.807) is 0 Å². The van der Waals surface area contributed by atoms with Crippen molar-refractivity contribution in [3.05, 3.63) is 59.7 Å². The molecule has 2 aromatic carbocycles. The molecule has 0 aliphatic heterocycles. The van der Waals surface area contributed by atoms with Gasteiger partial charge < -0.3 is 20.5 Å². The zero-order valence-corrected chi connectivity index (χ0v) is 18.8. The summed E-state index contributed by atoms with van der Waals surface area (Å²) in [5, 5.41) is 14.6. The molecule has 2 aromatic rings. The van der Waals surface area contributed by atoms with Crippen molar-refractivity contribution in [2.45, 2.75) is 57.0 Å². The molecule has 0 saturated heterocycles. The van der Waals surface area contributed by atoms with Gasteiger partial charge in [-0.25, -0.2) is 4.79 Å². The highest BCUT2D eigenvalue weighted by Crippen LogP contribution is 2.44. The van der Waals surface area contributed by atoms with Gasteiger partial charge in [0, 0.05) is 12.0 Å². The molecule has 2 amide bonds. The van der Waals surface area contributed by atoms with Gasteiger partial charge in [0.15, 0.2) is 0 Å². The number of ether oxygens (including phenoxy) is 1. The van der Waals surface area contributed by atoms with Gasteiger partial charge in [-0.2, -0.15) is 0 Å². The number of carbonyl (C=O) groups excluding carboxylic acids is 2. The zero-order chi connectivity index (χ0) is 23.4. The van der Waals surface area contributed by atoms with E-state index in [0.29, 0.717) is 5.92 Å². The van der Waals surface area contributed by atoms with E-state index in [2.05, 4.69) is 10.6 Å². The number of carbonyl (C=O) groups is 3. The molecule has 4 rings (SSSR count). The number of hydrogen-bond donors (Lipinski definition) is 3. The Balaban J connectivity index is 1.39. The Kier molecular flexibility index (Phi) is 6.96. The molecule has 0 heterocycles. The Morgan fingerprint density at radius 2 is 1.55 bits per heavy atom. The van der Waals surface area contributed by atoms with Crippen molar-refractivity contribution in [2.75, 3.05) is 6.61 Å². The molecule has 2 aliphatic rings. The molecule has 0 radical (unpaired) electrons. The first kappa shape index (κ1) is 22.8. The van der Waals surface area contributed by atoms with Crippen molar-refractivity contribution in [3.63, 3.8) is 0 Å². The van der Waals surface area contributed by atoms with Gasteiger partial charge in [0.25, 0.3) is 0 Å². The minimum atomic E-state index is -1.19. The average molecular weight is 451 g/mol. The van der Waals surface area contributed by atoms with Crippen LogP contribution in [0, 0.1) is 5.92 Å². The maximum absolute atomic E-state index is 12.7. The lowest BCUT2D eigenvalue weighted by Gasteiger charge is -2.24. The molecule has 0 bridgehead atoms. The van der Waals surface area contributed by atoms with Crippen LogP contribution in [0.25, 0.3) is 11.1 Å². The molecule has 1 fully saturated rings. The van der Waals surface area contributed by atoms with E-state index < -0.39 is 30.4 Å². The monoisotopic (exact) mass is 450 g/mol. The van der Waals surface area contributed by atoms with E-state index >= 15 is 0 Å². The minimum absolute atomic E-state index is 0.0689. The first-order valence-electron chi connectivity index (χ1n) is 11.6. The topological polar surface area (TPSA) is 105 Å². The van der Waals surface area contributed by atoms with Crippen LogP contribution in [0.5, 0.6) is 0 Å². The summed E-state index contributed by atoms with van der Waals surface area (Å²) in [7, 11) is 0. The highest BCUT2D eigenvalue weighted by atomic mass is 16.5. The molecule has 1 saturated carbocycles. The highest BCUT2D eigenvalue weighted by molar-refractivity contribution is 5.89. The number of rotatable bonds is 8. The Labute approximate surface area is 193 Å². The van der Waals surface area contributed by atoms with Crippen LogP contribution in [0.15, 0.2) is 48.5 Å². The van der Waals surface area contributed by atoms with Crippen LogP contribution >= 0.6 is 0 Å². The van der Waals surface area contributed by atoms with Gasteiger partial charge in [-0.05, 0) is 47.9 Å². The third-order valence-electron chi connectivity index (χ3n) is 6.81. The minimum Gasteiger partial charge on any atom is -0.481 e. The normalized spacial score (nSPS) is 17.0. The predicted molar refractivity (Wildman–Crippen MR) is 124 cm³/mol. The van der Waals surface area contributed by atoms with Gasteiger partial charge in [0.05, 0.1) is 6.42 Å². The number of aliphatic carboxylic acids is 1. The lowest BCUT2D eigenvalue weighted by molar-refractivity contribution is -0.140. The summed E-state index contributed by atoms with van der Waals surface area (Å²) >= 11 is 0. The van der Waals surface area contributed by atoms with Crippen molar-refractivity contribution < 1.29 is 24.2 Å². The Morgan fingerprint density at radius 3 is 2.12 bits per heavy atom. The van der Waals surface area contributed by atoms with E-state index in [9.17, 15) is 19.5 Å². The molecule has 2 atom stereocenters. The fourth-order valence-electron chi connectivity index (χ4n) is 5.07. The third-order valence-corrected chi connectivity index (χ3v) is 6.81. The van der Waals surface area contributed by atoms with Crippen LogP contribution in [-0.2, 0) is 14.3 Å². The van der Waals surface area contributed by atoms with Gasteiger partial charge in [0.2, 0.25) is 5.91 Å². The maximum atomic E-state index is 12.7. The fraction of sp³-hybridized carbons (Fsp3) is 0.423. The van der Waals surface area contributed by atoms with Crippen LogP contribution in [0.4, 0.5) is 4.79 Å². The summed E-state index contributed by atoms with van der Waals surface area (Å²) in [6.45, 7) is 2.03. The number of alkyl carbamates (subject to hydrolysis) is 1. The lowest BCUT2D eigenvalue weighted by atomic mass is 9.98. The van der Waals surface area contributed by atoms with Crippen LogP contribution in [0.3, 0.4) is 0 Å². The molecule has 0 spiro atoms. The van der Waals surface area contributed by atoms with E-state index in [1.165, 1.54) is 0 Å². The van der Waals surface area contributed by atoms with Crippen molar-refractivity contribution in [1.82, 2.24) is 10.6 Å². The second-order valence-corrected chi connectivity index (χ2v) is 8.96. The van der Waals surface area contributed by atoms with E-state index in [1.807, 2.05) is 55.5 Å². The molecule has 7 heteroatoms. The predicted octanol–water partition coefficient (Wildman–Crippen LogP) is 4.06. The standard InChI is InChI=1S/C26H30N2O5/c1-16(17-8-2-3-9-17)27-25(31)23(14-24(29)30)28-26(32)33-15-22-20-12-6-4-10-18(20)19-11-5-7-13-21(19)22/h4-7,10-13,16-17,22-23H,2-3,8-9,14-15H2,1H3,(H,27,31)(H,28,32)(H,29,30). The second-order valence-electron chi connectivity index (χ2n) is 8.96. The zero-order valence-electron chi connectivity index (χ0n) is 18.8. The van der Waals surface area contributed by atoms with Crippen molar-refractivity contribution in [2.24, 2.45) is 5.92 Å². The Morgan fingerprint density at radius 1 is 0.970 bits per heavy atom. The molecular weight excluding hydrogens is 420 g/mol. The second kappa shape index (κ2) is 10.1.